The second kappa shape index (κ2) is 5.02. The zero-order chi connectivity index (χ0) is 13.4. The van der Waals surface area contributed by atoms with Crippen LogP contribution < -0.4 is 0 Å². The summed E-state index contributed by atoms with van der Waals surface area (Å²) in [5, 5.41) is 0. The van der Waals surface area contributed by atoms with Crippen LogP contribution in [0.1, 0.15) is 9.43 Å². The second-order valence-electron chi connectivity index (χ2n) is 3.89. The van der Waals surface area contributed by atoms with E-state index in [9.17, 15) is 4.39 Å². The Kier molecular flexibility index (Phi) is 3.36. The fraction of sp³-hybridized carbons (Fsp3) is 0.0769. The first-order valence-corrected chi connectivity index (χ1v) is 7.28. The summed E-state index contributed by atoms with van der Waals surface area (Å²) in [6.45, 7) is 0. The first-order chi connectivity index (χ1) is 9.13. The number of benzene rings is 1. The van der Waals surface area contributed by atoms with E-state index in [1.54, 1.807) is 12.1 Å². The third-order valence-electron chi connectivity index (χ3n) is 2.59. The highest BCUT2D eigenvalue weighted by atomic mass is 79.9. The molecule has 3 rings (SSSR count). The lowest BCUT2D eigenvalue weighted by Crippen LogP contribution is -1.85. The van der Waals surface area contributed by atoms with Gasteiger partial charge in [0.2, 0.25) is 11.6 Å². The van der Waals surface area contributed by atoms with Gasteiger partial charge in [0.15, 0.2) is 0 Å². The number of nitrogens with zero attached hydrogens (tertiary/aromatic N) is 2. The Bertz CT molecular complexity index is 725. The summed E-state index contributed by atoms with van der Waals surface area (Å²) in [6.07, 6.45) is 0. The molecule has 0 aliphatic carbocycles. The SMILES string of the molecule is Fc1ccc(-c2nc3ccc(C(Br)Br)nc3o2)cc1. The largest absolute Gasteiger partial charge is 0.418 e. The van der Waals surface area contributed by atoms with Gasteiger partial charge in [0.25, 0.3) is 0 Å². The molecule has 3 aromatic rings. The molecule has 2 heterocycles. The molecule has 1 aromatic carbocycles. The van der Waals surface area contributed by atoms with Gasteiger partial charge in [-0.3, -0.25) is 0 Å². The minimum atomic E-state index is -0.290. The molecule has 3 nitrogen and oxygen atoms in total. The lowest BCUT2D eigenvalue weighted by Gasteiger charge is -1.98. The number of rotatable bonds is 2. The van der Waals surface area contributed by atoms with E-state index < -0.39 is 0 Å². The number of halogens is 3. The monoisotopic (exact) mass is 384 g/mol. The highest BCUT2D eigenvalue weighted by molar-refractivity contribution is 9.24. The highest BCUT2D eigenvalue weighted by Crippen LogP contribution is 2.30. The number of hydrogen-bond acceptors (Lipinski definition) is 3. The van der Waals surface area contributed by atoms with Gasteiger partial charge in [0.1, 0.15) is 15.1 Å². The Labute approximate surface area is 125 Å². The molecule has 0 saturated carbocycles. The Hall–Kier alpha value is -1.27. The van der Waals surface area contributed by atoms with Crippen LogP contribution in [-0.4, -0.2) is 9.97 Å². The molecular formula is C13H7Br2FN2O. The summed E-state index contributed by atoms with van der Waals surface area (Å²) < 4.78 is 18.4. The molecule has 19 heavy (non-hydrogen) atoms. The predicted molar refractivity (Wildman–Crippen MR) is 77.8 cm³/mol. The van der Waals surface area contributed by atoms with E-state index in [1.165, 1.54) is 12.1 Å². The number of pyridine rings is 1. The Balaban J connectivity index is 2.08. The Morgan fingerprint density at radius 1 is 1.00 bits per heavy atom. The fourth-order valence-corrected chi connectivity index (χ4v) is 2.18. The van der Waals surface area contributed by atoms with E-state index in [4.69, 9.17) is 4.42 Å². The van der Waals surface area contributed by atoms with Crippen LogP contribution in [0.3, 0.4) is 0 Å². The van der Waals surface area contributed by atoms with Crippen molar-refractivity contribution in [2.75, 3.05) is 0 Å². The normalized spacial score (nSPS) is 11.4. The quantitative estimate of drug-likeness (QED) is 0.593. The van der Waals surface area contributed by atoms with E-state index in [0.717, 1.165) is 11.3 Å². The van der Waals surface area contributed by atoms with Crippen LogP contribution in [0.15, 0.2) is 40.8 Å². The van der Waals surface area contributed by atoms with E-state index >= 15 is 0 Å². The molecule has 0 N–H and O–H groups in total. The minimum absolute atomic E-state index is 0.0382. The maximum atomic E-state index is 12.9. The van der Waals surface area contributed by atoms with Crippen molar-refractivity contribution in [2.24, 2.45) is 0 Å². The summed E-state index contributed by atoms with van der Waals surface area (Å²) >= 11 is 6.76. The third-order valence-corrected chi connectivity index (χ3v) is 3.53. The average molecular weight is 386 g/mol. The van der Waals surface area contributed by atoms with Crippen molar-refractivity contribution in [2.45, 2.75) is 3.74 Å². The zero-order valence-electron chi connectivity index (χ0n) is 9.48. The van der Waals surface area contributed by atoms with Gasteiger partial charge in [-0.25, -0.2) is 14.4 Å². The number of hydrogen-bond donors (Lipinski definition) is 0. The van der Waals surface area contributed by atoms with Crippen molar-refractivity contribution in [1.82, 2.24) is 9.97 Å². The van der Waals surface area contributed by atoms with E-state index in [2.05, 4.69) is 41.8 Å². The smallest absolute Gasteiger partial charge is 0.247 e. The second-order valence-corrected chi connectivity index (χ2v) is 6.95. The van der Waals surface area contributed by atoms with Crippen LogP contribution in [0.25, 0.3) is 22.7 Å². The molecular weight excluding hydrogens is 379 g/mol. The molecule has 0 saturated heterocycles. The number of oxazole rings is 1. The molecule has 0 spiro atoms. The molecule has 0 unspecified atom stereocenters. The third kappa shape index (κ3) is 2.55. The van der Waals surface area contributed by atoms with Gasteiger partial charge in [-0.15, -0.1) is 0 Å². The molecule has 0 atom stereocenters. The van der Waals surface area contributed by atoms with Crippen LogP contribution >= 0.6 is 31.9 Å². The molecule has 0 bridgehead atoms. The van der Waals surface area contributed by atoms with Crippen molar-refractivity contribution >= 4 is 43.1 Å². The van der Waals surface area contributed by atoms with Crippen molar-refractivity contribution in [3.8, 4) is 11.5 Å². The van der Waals surface area contributed by atoms with Gasteiger partial charge in [0, 0.05) is 5.56 Å². The van der Waals surface area contributed by atoms with E-state index in [-0.39, 0.29) is 9.55 Å². The van der Waals surface area contributed by atoms with Crippen molar-refractivity contribution in [3.63, 3.8) is 0 Å². The molecule has 96 valence electrons. The highest BCUT2D eigenvalue weighted by Gasteiger charge is 2.12. The van der Waals surface area contributed by atoms with Gasteiger partial charge < -0.3 is 4.42 Å². The fourth-order valence-electron chi connectivity index (χ4n) is 1.67. The molecule has 0 aliphatic rings. The van der Waals surface area contributed by atoms with Crippen LogP contribution in [0.2, 0.25) is 0 Å². The van der Waals surface area contributed by atoms with Gasteiger partial charge >= 0.3 is 0 Å². The maximum absolute atomic E-state index is 12.9. The summed E-state index contributed by atoms with van der Waals surface area (Å²) in [5.74, 6) is 0.141. The summed E-state index contributed by atoms with van der Waals surface area (Å²) in [4.78, 5) is 8.67. The van der Waals surface area contributed by atoms with Crippen LogP contribution in [-0.2, 0) is 0 Å². The standard InChI is InChI=1S/C13H7Br2FN2O/c14-11(15)9-5-6-10-13(17-9)19-12(18-10)7-1-3-8(16)4-2-7/h1-6,11H. The maximum Gasteiger partial charge on any atom is 0.247 e. The first-order valence-electron chi connectivity index (χ1n) is 5.45. The van der Waals surface area contributed by atoms with Gasteiger partial charge in [-0.1, -0.05) is 31.9 Å². The van der Waals surface area contributed by atoms with Crippen LogP contribution in [0, 0.1) is 5.82 Å². The number of aromatic nitrogens is 2. The lowest BCUT2D eigenvalue weighted by molar-refractivity contribution is 0.605. The van der Waals surface area contributed by atoms with Crippen LogP contribution in [0.4, 0.5) is 4.39 Å². The van der Waals surface area contributed by atoms with E-state index in [0.29, 0.717) is 17.1 Å². The van der Waals surface area contributed by atoms with Gasteiger partial charge in [-0.05, 0) is 36.4 Å². The van der Waals surface area contributed by atoms with E-state index in [1.807, 2.05) is 12.1 Å². The van der Waals surface area contributed by atoms with Gasteiger partial charge in [-0.2, -0.15) is 0 Å². The van der Waals surface area contributed by atoms with Crippen molar-refractivity contribution in [1.29, 1.82) is 0 Å². The molecule has 0 aliphatic heterocycles. The van der Waals surface area contributed by atoms with Crippen LogP contribution in [0.5, 0.6) is 0 Å². The molecule has 0 fully saturated rings. The number of fused-ring (bicyclic) bond motifs is 1. The zero-order valence-corrected chi connectivity index (χ0v) is 12.7. The van der Waals surface area contributed by atoms with Crippen molar-refractivity contribution in [3.05, 3.63) is 47.9 Å². The van der Waals surface area contributed by atoms with Gasteiger partial charge in [0.05, 0.1) is 5.69 Å². The summed E-state index contributed by atoms with van der Waals surface area (Å²) in [6, 6.07) is 9.68. The summed E-state index contributed by atoms with van der Waals surface area (Å²) in [5.41, 5.74) is 2.65. The van der Waals surface area contributed by atoms with Crippen molar-refractivity contribution < 1.29 is 8.81 Å². The number of alkyl halides is 2. The predicted octanol–water partition coefficient (Wildman–Crippen LogP) is 4.82. The molecule has 0 amide bonds. The minimum Gasteiger partial charge on any atom is -0.418 e. The first kappa shape index (κ1) is 12.7. The average Bonchev–Trinajstić information content (AvgIpc) is 2.82. The Morgan fingerprint density at radius 2 is 1.74 bits per heavy atom. The topological polar surface area (TPSA) is 38.9 Å². The molecule has 0 radical (unpaired) electrons. The lowest BCUT2D eigenvalue weighted by atomic mass is 10.2. The Morgan fingerprint density at radius 3 is 2.42 bits per heavy atom. The molecule has 6 heteroatoms. The molecule has 2 aromatic heterocycles. The summed E-state index contributed by atoms with van der Waals surface area (Å²) in [7, 11) is 0.